The van der Waals surface area contributed by atoms with Gasteiger partial charge < -0.3 is 0 Å². The molecule has 0 spiro atoms. The molecule has 104 valence electrons. The van der Waals surface area contributed by atoms with E-state index in [1.165, 1.54) is 25.7 Å². The second-order valence-corrected chi connectivity index (χ2v) is 5.48. The van der Waals surface area contributed by atoms with Gasteiger partial charge in [-0.05, 0) is 56.5 Å². The van der Waals surface area contributed by atoms with Gasteiger partial charge >= 0.3 is 0 Å². The van der Waals surface area contributed by atoms with Crippen LogP contribution < -0.4 is 0 Å². The summed E-state index contributed by atoms with van der Waals surface area (Å²) in [4.78, 5) is 4.04. The Hall–Kier alpha value is -1.75. The monoisotopic (exact) mass is 286 g/mol. The van der Waals surface area contributed by atoms with Gasteiger partial charge in [-0.15, -0.1) is 0 Å². The maximum atomic E-state index is 5.35. The molecule has 5 heteroatoms. The Balaban J connectivity index is 1.81. The smallest absolute Gasteiger partial charge is 0.195 e. The quantitative estimate of drug-likeness (QED) is 0.685. The molecule has 0 radical (unpaired) electrons. The van der Waals surface area contributed by atoms with Crippen LogP contribution in [0.3, 0.4) is 0 Å². The van der Waals surface area contributed by atoms with Crippen LogP contribution in [0, 0.1) is 4.77 Å². The van der Waals surface area contributed by atoms with Crippen molar-refractivity contribution in [3.05, 3.63) is 40.9 Å². The number of aromatic nitrogens is 4. The fourth-order valence-corrected chi connectivity index (χ4v) is 2.86. The van der Waals surface area contributed by atoms with Gasteiger partial charge in [0.25, 0.3) is 0 Å². The Bertz CT molecular complexity index is 654. The van der Waals surface area contributed by atoms with Crippen molar-refractivity contribution in [1.29, 1.82) is 0 Å². The molecule has 4 nitrogen and oxygen atoms in total. The van der Waals surface area contributed by atoms with Crippen molar-refractivity contribution in [2.45, 2.75) is 38.6 Å². The van der Waals surface area contributed by atoms with Gasteiger partial charge in [0.15, 0.2) is 10.6 Å². The maximum absolute atomic E-state index is 5.35. The van der Waals surface area contributed by atoms with Crippen molar-refractivity contribution in [3.63, 3.8) is 0 Å². The van der Waals surface area contributed by atoms with Crippen LogP contribution in [0.4, 0.5) is 0 Å². The van der Waals surface area contributed by atoms with E-state index in [1.54, 1.807) is 18.0 Å². The normalized spacial score (nSPS) is 15.1. The Morgan fingerprint density at radius 2 is 2.10 bits per heavy atom. The van der Waals surface area contributed by atoms with Crippen molar-refractivity contribution in [2.24, 2.45) is 0 Å². The van der Waals surface area contributed by atoms with Crippen LogP contribution >= 0.6 is 12.2 Å². The fraction of sp³-hybridized carbons (Fsp3) is 0.400. The van der Waals surface area contributed by atoms with Crippen LogP contribution in [0.15, 0.2) is 36.2 Å². The lowest BCUT2D eigenvalue weighted by atomic mass is 9.97. The van der Waals surface area contributed by atoms with Gasteiger partial charge in [-0.2, -0.15) is 5.10 Å². The molecular formula is C15H18N4S. The first kappa shape index (κ1) is 13.2. The molecule has 1 N–H and O–H groups in total. The van der Waals surface area contributed by atoms with Gasteiger partial charge in [-0.25, -0.2) is 0 Å². The lowest BCUT2D eigenvalue weighted by Gasteiger charge is -2.13. The van der Waals surface area contributed by atoms with Crippen molar-refractivity contribution in [3.8, 4) is 11.4 Å². The lowest BCUT2D eigenvalue weighted by molar-refractivity contribution is 0.624. The zero-order valence-electron chi connectivity index (χ0n) is 11.4. The molecule has 3 rings (SSSR count). The van der Waals surface area contributed by atoms with Crippen molar-refractivity contribution in [2.75, 3.05) is 0 Å². The van der Waals surface area contributed by atoms with E-state index < -0.39 is 0 Å². The zero-order chi connectivity index (χ0) is 13.8. The third-order valence-corrected chi connectivity index (χ3v) is 4.05. The molecule has 0 saturated carbocycles. The predicted molar refractivity (Wildman–Crippen MR) is 81.8 cm³/mol. The summed E-state index contributed by atoms with van der Waals surface area (Å²) in [6, 6.07) is 3.92. The van der Waals surface area contributed by atoms with Gasteiger partial charge in [0.2, 0.25) is 0 Å². The van der Waals surface area contributed by atoms with E-state index in [0.29, 0.717) is 4.77 Å². The predicted octanol–water partition coefficient (Wildman–Crippen LogP) is 3.89. The molecule has 0 atom stereocenters. The topological polar surface area (TPSA) is 46.5 Å². The molecule has 0 unspecified atom stereocenters. The number of allylic oxidation sites excluding steroid dienone is 2. The Labute approximate surface area is 123 Å². The molecule has 0 aliphatic heterocycles. The van der Waals surface area contributed by atoms with Crippen LogP contribution in [0.1, 0.15) is 32.1 Å². The highest BCUT2D eigenvalue weighted by molar-refractivity contribution is 7.71. The van der Waals surface area contributed by atoms with Gasteiger partial charge in [0, 0.05) is 24.5 Å². The van der Waals surface area contributed by atoms with Gasteiger partial charge in [0.05, 0.1) is 0 Å². The number of H-pyrrole nitrogens is 1. The van der Waals surface area contributed by atoms with Crippen LogP contribution in [-0.4, -0.2) is 19.7 Å². The summed E-state index contributed by atoms with van der Waals surface area (Å²) in [5.74, 6) is 0.897. The van der Waals surface area contributed by atoms with E-state index in [9.17, 15) is 0 Å². The van der Waals surface area contributed by atoms with Crippen LogP contribution in [0.2, 0.25) is 0 Å². The lowest BCUT2D eigenvalue weighted by Crippen LogP contribution is -2.03. The summed E-state index contributed by atoms with van der Waals surface area (Å²) in [5.41, 5.74) is 2.60. The highest BCUT2D eigenvalue weighted by Gasteiger charge is 2.10. The highest BCUT2D eigenvalue weighted by Crippen LogP contribution is 2.22. The second kappa shape index (κ2) is 6.13. The third-order valence-electron chi connectivity index (χ3n) is 3.74. The summed E-state index contributed by atoms with van der Waals surface area (Å²) in [6.45, 7) is 0.888. The minimum absolute atomic E-state index is 0.688. The van der Waals surface area contributed by atoms with E-state index >= 15 is 0 Å². The third kappa shape index (κ3) is 2.88. The Kier molecular flexibility index (Phi) is 4.06. The summed E-state index contributed by atoms with van der Waals surface area (Å²) in [5, 5.41) is 7.25. The summed E-state index contributed by atoms with van der Waals surface area (Å²) >= 11 is 5.35. The standard InChI is InChI=1S/C15H18N4S/c20-15-18-17-14(13-6-9-16-10-7-13)19(15)11-8-12-4-2-1-3-5-12/h4,6-7,9-10H,1-3,5,8,11H2,(H,18,20). The minimum Gasteiger partial charge on any atom is -0.300 e. The first-order valence-corrected chi connectivity index (χ1v) is 7.49. The Morgan fingerprint density at radius 3 is 2.85 bits per heavy atom. The minimum atomic E-state index is 0.688. The first-order chi connectivity index (χ1) is 9.84. The van der Waals surface area contributed by atoms with Crippen molar-refractivity contribution < 1.29 is 0 Å². The van der Waals surface area contributed by atoms with Crippen LogP contribution in [-0.2, 0) is 6.54 Å². The largest absolute Gasteiger partial charge is 0.300 e. The van der Waals surface area contributed by atoms with Crippen molar-refractivity contribution >= 4 is 12.2 Å². The molecule has 2 heterocycles. The van der Waals surface area contributed by atoms with Gasteiger partial charge in [-0.1, -0.05) is 11.6 Å². The number of rotatable bonds is 4. The summed E-state index contributed by atoms with van der Waals surface area (Å²) < 4.78 is 2.77. The van der Waals surface area contributed by atoms with E-state index in [4.69, 9.17) is 12.2 Å². The molecule has 0 bridgehead atoms. The fourth-order valence-electron chi connectivity index (χ4n) is 2.63. The number of aromatic amines is 1. The number of nitrogens with one attached hydrogen (secondary N) is 1. The zero-order valence-corrected chi connectivity index (χ0v) is 12.2. The molecule has 20 heavy (non-hydrogen) atoms. The molecule has 1 aliphatic carbocycles. The maximum Gasteiger partial charge on any atom is 0.195 e. The molecule has 0 aromatic carbocycles. The molecule has 0 saturated heterocycles. The van der Waals surface area contributed by atoms with E-state index in [2.05, 4.69) is 25.8 Å². The van der Waals surface area contributed by atoms with Gasteiger partial charge in [0.1, 0.15) is 0 Å². The van der Waals surface area contributed by atoms with Crippen LogP contribution in [0.5, 0.6) is 0 Å². The van der Waals surface area contributed by atoms with E-state index in [0.717, 1.165) is 24.4 Å². The molecule has 2 aromatic heterocycles. The Morgan fingerprint density at radius 1 is 1.25 bits per heavy atom. The van der Waals surface area contributed by atoms with E-state index in [-0.39, 0.29) is 0 Å². The number of hydrogen-bond donors (Lipinski definition) is 1. The van der Waals surface area contributed by atoms with Gasteiger partial charge in [-0.3, -0.25) is 14.6 Å². The molecule has 0 fully saturated rings. The summed E-state index contributed by atoms with van der Waals surface area (Å²) in [6.07, 6.45) is 12.1. The first-order valence-electron chi connectivity index (χ1n) is 7.08. The molecule has 0 amide bonds. The average Bonchev–Trinajstić information content (AvgIpc) is 2.88. The molecule has 2 aromatic rings. The molecular weight excluding hydrogens is 268 g/mol. The van der Waals surface area contributed by atoms with Crippen molar-refractivity contribution in [1.82, 2.24) is 19.7 Å². The van der Waals surface area contributed by atoms with Crippen LogP contribution in [0.25, 0.3) is 11.4 Å². The second-order valence-electron chi connectivity index (χ2n) is 5.10. The summed E-state index contributed by atoms with van der Waals surface area (Å²) in [7, 11) is 0. The SMILES string of the molecule is S=c1[nH]nc(-c2ccncc2)n1CCC1=CCCCC1. The number of hydrogen-bond acceptors (Lipinski definition) is 3. The van der Waals surface area contributed by atoms with E-state index in [1.807, 2.05) is 12.1 Å². The number of nitrogens with zero attached hydrogens (tertiary/aromatic N) is 3. The number of pyridine rings is 1. The average molecular weight is 286 g/mol. The highest BCUT2D eigenvalue weighted by atomic mass is 32.1. The molecule has 1 aliphatic rings.